The standard InChI is InChI=1S/C29H28F3NO6/c1-27(2,26(35)36)38-21-9-7-8-18(16-21)17-23-22-10-5-6-11-24(22)33(28(23,3)39-29(30,31)32)25(34)19-12-14-20(37-4)15-13-19/h5-16,23H,17H2,1-4H3,(H,35,36). The average Bonchev–Trinajstić information content (AvgIpc) is 3.09. The first-order valence-electron chi connectivity index (χ1n) is 12.1. The van der Waals surface area contributed by atoms with Crippen LogP contribution in [0.15, 0.2) is 72.8 Å². The summed E-state index contributed by atoms with van der Waals surface area (Å²) in [5.74, 6) is -2.03. The molecule has 1 aliphatic rings. The number of hydrogen-bond donors (Lipinski definition) is 1. The summed E-state index contributed by atoms with van der Waals surface area (Å²) in [4.78, 5) is 26.3. The number of ether oxygens (including phenoxy) is 3. The summed E-state index contributed by atoms with van der Waals surface area (Å²) in [7, 11) is 1.47. The summed E-state index contributed by atoms with van der Waals surface area (Å²) in [6, 6.07) is 19.1. The highest BCUT2D eigenvalue weighted by molar-refractivity contribution is 6.08. The predicted molar refractivity (Wildman–Crippen MR) is 137 cm³/mol. The first-order valence-corrected chi connectivity index (χ1v) is 12.1. The van der Waals surface area contributed by atoms with E-state index in [-0.39, 0.29) is 17.7 Å². The normalized spacial score (nSPS) is 18.9. The lowest BCUT2D eigenvalue weighted by Crippen LogP contribution is -2.54. The summed E-state index contributed by atoms with van der Waals surface area (Å²) < 4.78 is 57.2. The van der Waals surface area contributed by atoms with Crippen LogP contribution >= 0.6 is 0 Å². The number of carbonyl (C=O) groups excluding carboxylic acids is 1. The second-order valence-electron chi connectivity index (χ2n) is 9.85. The van der Waals surface area contributed by atoms with Gasteiger partial charge in [0.25, 0.3) is 5.91 Å². The summed E-state index contributed by atoms with van der Waals surface area (Å²) in [6.07, 6.45) is -5.01. The number of carboxylic acid groups (broad SMARTS) is 1. The zero-order valence-corrected chi connectivity index (χ0v) is 21.8. The third-order valence-corrected chi connectivity index (χ3v) is 6.73. The van der Waals surface area contributed by atoms with Gasteiger partial charge in [-0.2, -0.15) is 0 Å². The quantitative estimate of drug-likeness (QED) is 0.366. The van der Waals surface area contributed by atoms with Crippen LogP contribution in [0.4, 0.5) is 18.9 Å². The van der Waals surface area contributed by atoms with E-state index in [9.17, 15) is 27.9 Å². The van der Waals surface area contributed by atoms with Gasteiger partial charge in [0.05, 0.1) is 12.8 Å². The summed E-state index contributed by atoms with van der Waals surface area (Å²) in [5.41, 5.74) is -2.12. The highest BCUT2D eigenvalue weighted by Crippen LogP contribution is 2.52. The van der Waals surface area contributed by atoms with Gasteiger partial charge in [-0.3, -0.25) is 14.4 Å². The van der Waals surface area contributed by atoms with Gasteiger partial charge in [0.2, 0.25) is 0 Å². The van der Waals surface area contributed by atoms with Crippen LogP contribution in [0, 0.1) is 0 Å². The van der Waals surface area contributed by atoms with Crippen molar-refractivity contribution in [2.24, 2.45) is 0 Å². The number of hydrogen-bond acceptors (Lipinski definition) is 5. The average molecular weight is 544 g/mol. The SMILES string of the molecule is COc1ccc(C(=O)N2c3ccccc3C(Cc3cccc(OC(C)(C)C(=O)O)c3)C2(C)OC(F)(F)F)cc1. The Morgan fingerprint density at radius 3 is 2.26 bits per heavy atom. The maximum Gasteiger partial charge on any atom is 0.524 e. The van der Waals surface area contributed by atoms with Crippen molar-refractivity contribution in [1.29, 1.82) is 0 Å². The minimum Gasteiger partial charge on any atom is -0.497 e. The molecule has 10 heteroatoms. The molecule has 1 aliphatic heterocycles. The second-order valence-corrected chi connectivity index (χ2v) is 9.85. The molecule has 0 radical (unpaired) electrons. The maximum absolute atomic E-state index is 13.9. The number of amides is 1. The monoisotopic (exact) mass is 543 g/mol. The van der Waals surface area contributed by atoms with Crippen molar-refractivity contribution in [3.05, 3.63) is 89.5 Å². The van der Waals surface area contributed by atoms with E-state index in [1.807, 2.05) is 0 Å². The van der Waals surface area contributed by atoms with Crippen molar-refractivity contribution in [3.8, 4) is 11.5 Å². The number of para-hydroxylation sites is 1. The molecule has 3 aromatic rings. The van der Waals surface area contributed by atoms with Crippen molar-refractivity contribution >= 4 is 17.6 Å². The van der Waals surface area contributed by atoms with E-state index >= 15 is 0 Å². The second kappa shape index (κ2) is 10.3. The van der Waals surface area contributed by atoms with Crippen molar-refractivity contribution in [2.75, 3.05) is 12.0 Å². The number of alkyl halides is 3. The van der Waals surface area contributed by atoms with Gasteiger partial charge < -0.3 is 14.6 Å². The molecule has 0 fully saturated rings. The van der Waals surface area contributed by atoms with E-state index in [0.29, 0.717) is 22.6 Å². The number of carbonyl (C=O) groups is 2. The largest absolute Gasteiger partial charge is 0.524 e. The lowest BCUT2D eigenvalue weighted by Gasteiger charge is -2.39. The van der Waals surface area contributed by atoms with Gasteiger partial charge in [0.1, 0.15) is 11.5 Å². The smallest absolute Gasteiger partial charge is 0.497 e. The third kappa shape index (κ3) is 5.70. The number of aliphatic carboxylic acids is 1. The van der Waals surface area contributed by atoms with Crippen molar-refractivity contribution < 1.29 is 42.1 Å². The lowest BCUT2D eigenvalue weighted by molar-refractivity contribution is -0.364. The fraction of sp³-hybridized carbons (Fsp3) is 0.310. The van der Waals surface area contributed by atoms with Gasteiger partial charge >= 0.3 is 12.3 Å². The molecule has 1 amide bonds. The van der Waals surface area contributed by atoms with E-state index in [4.69, 9.17) is 14.2 Å². The van der Waals surface area contributed by atoms with Crippen LogP contribution in [-0.2, 0) is 16.0 Å². The fourth-order valence-electron chi connectivity index (χ4n) is 4.80. The molecule has 4 rings (SSSR count). The Bertz CT molecular complexity index is 1370. The number of fused-ring (bicyclic) bond motifs is 1. The highest BCUT2D eigenvalue weighted by Gasteiger charge is 2.57. The Morgan fingerprint density at radius 2 is 1.64 bits per heavy atom. The van der Waals surface area contributed by atoms with Gasteiger partial charge in [-0.05, 0) is 80.8 Å². The Labute approximate surface area is 223 Å². The van der Waals surface area contributed by atoms with E-state index in [2.05, 4.69) is 0 Å². The topological polar surface area (TPSA) is 85.3 Å². The zero-order chi connectivity index (χ0) is 28.6. The molecule has 206 valence electrons. The number of halogens is 3. The molecule has 1 heterocycles. The van der Waals surface area contributed by atoms with Crippen molar-refractivity contribution in [1.82, 2.24) is 0 Å². The van der Waals surface area contributed by atoms with Crippen LogP contribution in [0.1, 0.15) is 48.2 Å². The fourth-order valence-corrected chi connectivity index (χ4v) is 4.80. The third-order valence-electron chi connectivity index (χ3n) is 6.73. The number of carboxylic acids is 1. The van der Waals surface area contributed by atoms with Crippen LogP contribution in [-0.4, -0.2) is 41.8 Å². The Balaban J connectivity index is 1.77. The predicted octanol–water partition coefficient (Wildman–Crippen LogP) is 6.18. The van der Waals surface area contributed by atoms with Crippen molar-refractivity contribution in [2.45, 2.75) is 50.8 Å². The van der Waals surface area contributed by atoms with Gasteiger partial charge in [-0.1, -0.05) is 30.3 Å². The van der Waals surface area contributed by atoms with Crippen LogP contribution in [0.3, 0.4) is 0 Å². The highest BCUT2D eigenvalue weighted by atomic mass is 19.4. The van der Waals surface area contributed by atoms with E-state index in [0.717, 1.165) is 4.90 Å². The maximum atomic E-state index is 13.9. The molecule has 0 saturated heterocycles. The Kier molecular flexibility index (Phi) is 7.36. The van der Waals surface area contributed by atoms with Gasteiger partial charge in [-0.15, -0.1) is 13.2 Å². The molecule has 3 aromatic carbocycles. The zero-order valence-electron chi connectivity index (χ0n) is 21.8. The first-order chi connectivity index (χ1) is 18.2. The Hall–Kier alpha value is -4.05. The van der Waals surface area contributed by atoms with Gasteiger partial charge in [0, 0.05) is 11.5 Å². The van der Waals surface area contributed by atoms with Crippen LogP contribution < -0.4 is 14.4 Å². The molecule has 0 saturated carbocycles. The van der Waals surface area contributed by atoms with Crippen LogP contribution in [0.5, 0.6) is 11.5 Å². The molecular weight excluding hydrogens is 515 g/mol. The molecule has 0 spiro atoms. The number of rotatable bonds is 8. The number of benzene rings is 3. The number of nitrogens with zero attached hydrogens (tertiary/aromatic N) is 1. The Morgan fingerprint density at radius 1 is 0.974 bits per heavy atom. The van der Waals surface area contributed by atoms with E-state index in [1.54, 1.807) is 60.7 Å². The minimum absolute atomic E-state index is 0.0423. The molecule has 1 N–H and O–H groups in total. The molecular formula is C29H28F3NO6. The molecule has 2 unspecified atom stereocenters. The minimum atomic E-state index is -5.05. The van der Waals surface area contributed by atoms with Crippen LogP contribution in [0.2, 0.25) is 0 Å². The molecule has 0 aliphatic carbocycles. The first kappa shape index (κ1) is 28.0. The summed E-state index contributed by atoms with van der Waals surface area (Å²) in [6.45, 7) is 4.04. The van der Waals surface area contributed by atoms with E-state index in [1.165, 1.54) is 40.0 Å². The molecule has 0 bridgehead atoms. The molecule has 0 aromatic heterocycles. The molecule has 7 nitrogen and oxygen atoms in total. The molecule has 39 heavy (non-hydrogen) atoms. The number of anilines is 1. The van der Waals surface area contributed by atoms with Gasteiger partial charge in [0.15, 0.2) is 11.3 Å². The van der Waals surface area contributed by atoms with Crippen LogP contribution in [0.25, 0.3) is 0 Å². The lowest BCUT2D eigenvalue weighted by atomic mass is 9.86. The molecule has 2 atom stereocenters. The van der Waals surface area contributed by atoms with Crippen molar-refractivity contribution in [3.63, 3.8) is 0 Å². The summed E-state index contributed by atoms with van der Waals surface area (Å²) >= 11 is 0. The van der Waals surface area contributed by atoms with E-state index < -0.39 is 35.5 Å². The van der Waals surface area contributed by atoms with Gasteiger partial charge in [-0.25, -0.2) is 4.79 Å². The number of methoxy groups -OCH3 is 1. The summed E-state index contributed by atoms with van der Waals surface area (Å²) in [5, 5.41) is 9.40.